The van der Waals surface area contributed by atoms with E-state index in [-0.39, 0.29) is 6.03 Å². The van der Waals surface area contributed by atoms with Crippen molar-refractivity contribution in [2.75, 3.05) is 20.6 Å². The van der Waals surface area contributed by atoms with Crippen LogP contribution < -0.4 is 5.32 Å². The van der Waals surface area contributed by atoms with E-state index >= 15 is 0 Å². The van der Waals surface area contributed by atoms with E-state index in [1.807, 2.05) is 6.92 Å². The highest BCUT2D eigenvalue weighted by molar-refractivity contribution is 5.73. The normalized spacial score (nSPS) is 12.4. The Balaban J connectivity index is 3.46. The smallest absolute Gasteiger partial charge is 0.316 e. The number of hydrogen-bond acceptors (Lipinski definition) is 2. The molecule has 4 heteroatoms. The van der Waals surface area contributed by atoms with Gasteiger partial charge in [-0.05, 0) is 6.42 Å². The molecule has 0 radical (unpaired) electrons. The molecule has 0 unspecified atom stereocenters. The molecule has 0 rings (SSSR count). The molecule has 66 valence electrons. The number of aliphatic hydroxyl groups excluding tert-OH is 1. The van der Waals surface area contributed by atoms with Crippen molar-refractivity contribution in [2.24, 2.45) is 0 Å². The van der Waals surface area contributed by atoms with E-state index in [0.717, 1.165) is 0 Å². The van der Waals surface area contributed by atoms with Crippen molar-refractivity contribution in [2.45, 2.75) is 19.4 Å². The first-order chi connectivity index (χ1) is 5.07. The van der Waals surface area contributed by atoms with Gasteiger partial charge in [0.05, 0.1) is 6.10 Å². The minimum Gasteiger partial charge on any atom is -0.391 e. The fraction of sp³-hybridized carbons (Fsp3) is 0.857. The highest BCUT2D eigenvalue weighted by atomic mass is 16.3. The molecule has 0 aliphatic carbocycles. The molecule has 1 atom stereocenters. The summed E-state index contributed by atoms with van der Waals surface area (Å²) in [5.41, 5.74) is 0. The summed E-state index contributed by atoms with van der Waals surface area (Å²) in [6, 6.07) is -0.169. The maximum Gasteiger partial charge on any atom is 0.316 e. The molecule has 0 spiro atoms. The molecule has 0 fully saturated rings. The van der Waals surface area contributed by atoms with Gasteiger partial charge >= 0.3 is 6.03 Å². The third kappa shape index (κ3) is 4.61. The van der Waals surface area contributed by atoms with Gasteiger partial charge in [0.25, 0.3) is 0 Å². The number of aliphatic hydroxyl groups is 1. The Morgan fingerprint density at radius 2 is 2.18 bits per heavy atom. The summed E-state index contributed by atoms with van der Waals surface area (Å²) in [6.07, 6.45) is 0.229. The van der Waals surface area contributed by atoms with Crippen LogP contribution in [0.1, 0.15) is 13.3 Å². The van der Waals surface area contributed by atoms with Crippen molar-refractivity contribution in [3.05, 3.63) is 0 Å². The summed E-state index contributed by atoms with van der Waals surface area (Å²) in [6.45, 7) is 2.19. The number of amides is 2. The predicted octanol–water partition coefficient (Wildman–Crippen LogP) is 0.0285. The monoisotopic (exact) mass is 160 g/mol. The Morgan fingerprint density at radius 1 is 1.64 bits per heavy atom. The zero-order valence-electron chi connectivity index (χ0n) is 7.29. The summed E-state index contributed by atoms with van der Waals surface area (Å²) in [7, 11) is 3.32. The van der Waals surface area contributed by atoms with Crippen molar-refractivity contribution in [1.29, 1.82) is 0 Å². The van der Waals surface area contributed by atoms with Gasteiger partial charge in [0.15, 0.2) is 0 Å². The number of nitrogens with one attached hydrogen (secondary N) is 1. The van der Waals surface area contributed by atoms with E-state index in [1.54, 1.807) is 14.1 Å². The van der Waals surface area contributed by atoms with E-state index in [9.17, 15) is 4.79 Å². The van der Waals surface area contributed by atoms with Gasteiger partial charge in [-0.25, -0.2) is 4.79 Å². The Morgan fingerprint density at radius 3 is 2.55 bits per heavy atom. The zero-order valence-corrected chi connectivity index (χ0v) is 7.29. The van der Waals surface area contributed by atoms with Crippen molar-refractivity contribution < 1.29 is 9.90 Å². The fourth-order valence-electron chi connectivity index (χ4n) is 0.508. The van der Waals surface area contributed by atoms with Gasteiger partial charge in [0.2, 0.25) is 0 Å². The molecule has 0 heterocycles. The minimum absolute atomic E-state index is 0.169. The summed E-state index contributed by atoms with van der Waals surface area (Å²) in [5, 5.41) is 11.6. The Bertz CT molecular complexity index is 126. The number of urea groups is 1. The molecule has 11 heavy (non-hydrogen) atoms. The standard InChI is InChI=1S/C7H16N2O2/c1-4-6(10)5-8-7(11)9(2)3/h6,10H,4-5H2,1-3H3,(H,8,11)/t6-/m0/s1. The van der Waals surface area contributed by atoms with E-state index in [4.69, 9.17) is 5.11 Å². The van der Waals surface area contributed by atoms with Crippen molar-refractivity contribution in [3.8, 4) is 0 Å². The Kier molecular flexibility index (Phi) is 4.61. The van der Waals surface area contributed by atoms with Gasteiger partial charge in [0.1, 0.15) is 0 Å². The van der Waals surface area contributed by atoms with Crippen LogP contribution >= 0.6 is 0 Å². The van der Waals surface area contributed by atoms with Crippen LogP contribution in [0.4, 0.5) is 4.79 Å². The summed E-state index contributed by atoms with van der Waals surface area (Å²) in [4.78, 5) is 12.3. The highest BCUT2D eigenvalue weighted by Gasteiger charge is 2.04. The molecule has 0 aliphatic heterocycles. The van der Waals surface area contributed by atoms with Crippen LogP contribution in [0, 0.1) is 0 Å². The molecule has 0 saturated carbocycles. The maximum absolute atomic E-state index is 10.9. The summed E-state index contributed by atoms with van der Waals surface area (Å²) < 4.78 is 0. The maximum atomic E-state index is 10.9. The minimum atomic E-state index is -0.432. The number of hydrogen-bond donors (Lipinski definition) is 2. The SMILES string of the molecule is CC[C@H](O)CNC(=O)N(C)C. The Hall–Kier alpha value is -0.770. The molecule has 0 aliphatic rings. The number of carbonyl (C=O) groups is 1. The molecule has 0 aromatic rings. The number of carbonyl (C=O) groups excluding carboxylic acids is 1. The van der Waals surface area contributed by atoms with Gasteiger partial charge in [-0.2, -0.15) is 0 Å². The van der Waals surface area contributed by atoms with Crippen LogP contribution in [-0.2, 0) is 0 Å². The predicted molar refractivity (Wildman–Crippen MR) is 43.4 cm³/mol. The number of rotatable bonds is 3. The second-order valence-electron chi connectivity index (χ2n) is 2.64. The van der Waals surface area contributed by atoms with E-state index < -0.39 is 6.10 Å². The average Bonchev–Trinajstić information content (AvgIpc) is 1.99. The third-order valence-corrected chi connectivity index (χ3v) is 1.37. The largest absolute Gasteiger partial charge is 0.391 e. The Labute approximate surface area is 67.2 Å². The molecule has 4 nitrogen and oxygen atoms in total. The van der Waals surface area contributed by atoms with Gasteiger partial charge in [-0.15, -0.1) is 0 Å². The molecule has 0 aromatic heterocycles. The van der Waals surface area contributed by atoms with E-state index in [0.29, 0.717) is 13.0 Å². The van der Waals surface area contributed by atoms with Gasteiger partial charge in [0, 0.05) is 20.6 Å². The molecule has 2 amide bonds. The fourth-order valence-corrected chi connectivity index (χ4v) is 0.508. The van der Waals surface area contributed by atoms with Crippen molar-refractivity contribution >= 4 is 6.03 Å². The molecule has 2 N–H and O–H groups in total. The molecular formula is C7H16N2O2. The van der Waals surface area contributed by atoms with Crippen LogP contribution in [0.25, 0.3) is 0 Å². The lowest BCUT2D eigenvalue weighted by molar-refractivity contribution is 0.162. The van der Waals surface area contributed by atoms with Crippen LogP contribution in [0.3, 0.4) is 0 Å². The van der Waals surface area contributed by atoms with E-state index in [1.165, 1.54) is 4.90 Å². The first-order valence-electron chi connectivity index (χ1n) is 3.71. The molecule has 0 bridgehead atoms. The van der Waals surface area contributed by atoms with Crippen LogP contribution in [-0.4, -0.2) is 42.8 Å². The van der Waals surface area contributed by atoms with Crippen LogP contribution in [0.5, 0.6) is 0 Å². The lowest BCUT2D eigenvalue weighted by Gasteiger charge is -2.13. The third-order valence-electron chi connectivity index (χ3n) is 1.37. The number of nitrogens with zero attached hydrogens (tertiary/aromatic N) is 1. The van der Waals surface area contributed by atoms with Gasteiger partial charge in [-0.3, -0.25) is 0 Å². The van der Waals surface area contributed by atoms with Gasteiger partial charge < -0.3 is 15.3 Å². The lowest BCUT2D eigenvalue weighted by atomic mass is 10.3. The van der Waals surface area contributed by atoms with Crippen LogP contribution in [0.15, 0.2) is 0 Å². The van der Waals surface area contributed by atoms with Crippen molar-refractivity contribution in [1.82, 2.24) is 10.2 Å². The average molecular weight is 160 g/mol. The zero-order chi connectivity index (χ0) is 8.85. The molecular weight excluding hydrogens is 144 g/mol. The quantitative estimate of drug-likeness (QED) is 0.612. The van der Waals surface area contributed by atoms with Gasteiger partial charge in [-0.1, -0.05) is 6.92 Å². The lowest BCUT2D eigenvalue weighted by Crippen LogP contribution is -2.38. The van der Waals surface area contributed by atoms with Crippen molar-refractivity contribution in [3.63, 3.8) is 0 Å². The summed E-state index contributed by atoms with van der Waals surface area (Å²) >= 11 is 0. The first kappa shape index (κ1) is 10.2. The first-order valence-corrected chi connectivity index (χ1v) is 3.71. The van der Waals surface area contributed by atoms with Crippen LogP contribution in [0.2, 0.25) is 0 Å². The molecule has 0 aromatic carbocycles. The molecule has 0 saturated heterocycles. The second-order valence-corrected chi connectivity index (χ2v) is 2.64. The topological polar surface area (TPSA) is 52.6 Å². The second kappa shape index (κ2) is 4.96. The summed E-state index contributed by atoms with van der Waals surface area (Å²) in [5.74, 6) is 0. The highest BCUT2D eigenvalue weighted by Crippen LogP contribution is 1.86. The van der Waals surface area contributed by atoms with E-state index in [2.05, 4.69) is 5.32 Å².